The predicted octanol–water partition coefficient (Wildman–Crippen LogP) is 5.76. The minimum Gasteiger partial charge on any atom is -0.372 e. The second-order valence-corrected chi connectivity index (χ2v) is 15.0. The monoisotopic (exact) mass is 727 g/mol. The van der Waals surface area contributed by atoms with Crippen molar-refractivity contribution in [3.63, 3.8) is 0 Å². The van der Waals surface area contributed by atoms with E-state index in [2.05, 4.69) is 52.8 Å². The van der Waals surface area contributed by atoms with E-state index in [4.69, 9.17) is 16.6 Å². The number of aryl methyl sites for hydroxylation is 2. The number of halogens is 1. The Kier molecular flexibility index (Phi) is 10.5. The number of aromatic nitrogens is 3. The number of hydrogen-bond donors (Lipinski definition) is 3. The maximum Gasteiger partial charge on any atom is 0.267 e. The summed E-state index contributed by atoms with van der Waals surface area (Å²) >= 11 is 7.55. The molecule has 0 bridgehead atoms. The molecule has 12 nitrogen and oxygen atoms in total. The van der Waals surface area contributed by atoms with Crippen molar-refractivity contribution in [2.45, 2.75) is 45.4 Å². The first kappa shape index (κ1) is 34.8. The number of piperazine rings is 1. The van der Waals surface area contributed by atoms with E-state index >= 15 is 0 Å². The number of nitrogens with one attached hydrogen (secondary N) is 3. The Balaban J connectivity index is 0.888. The molecule has 3 fully saturated rings. The van der Waals surface area contributed by atoms with Gasteiger partial charge in [-0.15, -0.1) is 0 Å². The normalized spacial score (nSPS) is 18.8. The highest BCUT2D eigenvalue weighted by atomic mass is 35.5. The van der Waals surface area contributed by atoms with Crippen molar-refractivity contribution in [1.29, 1.82) is 0 Å². The molecule has 1 unspecified atom stereocenters. The number of piperidine rings is 2. The van der Waals surface area contributed by atoms with Crippen LogP contribution < -0.4 is 25.8 Å². The summed E-state index contributed by atoms with van der Waals surface area (Å²) in [5.74, 6) is 1.92. The highest BCUT2D eigenvalue weighted by molar-refractivity contribution is 7.17. The molecule has 0 spiro atoms. The molecular weight excluding hydrogens is 686 g/mol. The largest absolute Gasteiger partial charge is 0.372 e. The van der Waals surface area contributed by atoms with Crippen molar-refractivity contribution in [2.75, 3.05) is 66.2 Å². The maximum atomic E-state index is 12.9. The second-order valence-electron chi connectivity index (χ2n) is 13.5. The number of benzene rings is 2. The fourth-order valence-electron chi connectivity index (χ4n) is 7.14. The lowest BCUT2D eigenvalue weighted by atomic mass is 9.90. The smallest absolute Gasteiger partial charge is 0.267 e. The molecule has 3 saturated heterocycles. The number of carbonyl (C=O) groups is 3. The molecule has 51 heavy (non-hydrogen) atoms. The molecule has 2 aromatic carbocycles. The zero-order valence-electron chi connectivity index (χ0n) is 28.8. The number of hydrogen-bond acceptors (Lipinski definition) is 11. The van der Waals surface area contributed by atoms with Gasteiger partial charge in [0.05, 0.1) is 22.8 Å². The molecule has 4 aromatic rings. The number of thiazole rings is 1. The third kappa shape index (κ3) is 8.32. The first-order valence-corrected chi connectivity index (χ1v) is 18.7. The summed E-state index contributed by atoms with van der Waals surface area (Å²) < 4.78 is 0. The molecule has 1 atom stereocenters. The van der Waals surface area contributed by atoms with Crippen molar-refractivity contribution in [2.24, 2.45) is 5.92 Å². The van der Waals surface area contributed by atoms with Gasteiger partial charge in [0.15, 0.2) is 5.13 Å². The minimum absolute atomic E-state index is 0.182. The van der Waals surface area contributed by atoms with Crippen LogP contribution in [0.3, 0.4) is 0 Å². The van der Waals surface area contributed by atoms with Gasteiger partial charge in [-0.25, -0.2) is 15.0 Å². The van der Waals surface area contributed by atoms with E-state index in [0.717, 1.165) is 81.3 Å². The van der Waals surface area contributed by atoms with Gasteiger partial charge in [0.25, 0.3) is 5.91 Å². The van der Waals surface area contributed by atoms with Crippen molar-refractivity contribution in [3.05, 3.63) is 81.6 Å². The Morgan fingerprint density at radius 3 is 2.51 bits per heavy atom. The van der Waals surface area contributed by atoms with Crippen LogP contribution in [0.4, 0.5) is 28.1 Å². The third-order valence-electron chi connectivity index (χ3n) is 9.95. The predicted molar refractivity (Wildman–Crippen MR) is 201 cm³/mol. The number of imide groups is 1. The zero-order valence-corrected chi connectivity index (χ0v) is 30.4. The van der Waals surface area contributed by atoms with Crippen LogP contribution >= 0.6 is 22.9 Å². The van der Waals surface area contributed by atoms with E-state index in [1.54, 1.807) is 12.3 Å². The fraction of sp³-hybridized carbons (Fsp3) is 0.405. The van der Waals surface area contributed by atoms with Crippen LogP contribution in [0.5, 0.6) is 0 Å². The highest BCUT2D eigenvalue weighted by Crippen LogP contribution is 2.31. The Hall–Kier alpha value is -4.59. The first-order chi connectivity index (χ1) is 24.7. The van der Waals surface area contributed by atoms with Gasteiger partial charge >= 0.3 is 0 Å². The number of para-hydroxylation sites is 1. The number of nitrogens with zero attached hydrogens (tertiary/aromatic N) is 6. The van der Waals surface area contributed by atoms with Gasteiger partial charge in [-0.2, -0.15) is 0 Å². The number of rotatable bonds is 9. The lowest BCUT2D eigenvalue weighted by Crippen LogP contribution is -2.49. The van der Waals surface area contributed by atoms with Gasteiger partial charge < -0.3 is 20.4 Å². The number of anilines is 5. The SMILES string of the molecule is Cc1nc(Nc2ncc(C(=O)Nc3c(C)cccc3Cl)s2)cc(N2CCN(CC3CCN(c4cccc(C5CCC(=O)NC5=O)c4)CC3)CC2)n1. The summed E-state index contributed by atoms with van der Waals surface area (Å²) in [7, 11) is 0. The summed E-state index contributed by atoms with van der Waals surface area (Å²) in [5, 5.41) is 9.71. The van der Waals surface area contributed by atoms with E-state index < -0.39 is 0 Å². The van der Waals surface area contributed by atoms with E-state index in [1.165, 1.54) is 11.3 Å². The third-order valence-corrected chi connectivity index (χ3v) is 11.2. The summed E-state index contributed by atoms with van der Waals surface area (Å²) in [4.78, 5) is 58.4. The number of amides is 3. The van der Waals surface area contributed by atoms with Crippen LogP contribution in [-0.4, -0.2) is 83.4 Å². The van der Waals surface area contributed by atoms with Crippen LogP contribution in [0.15, 0.2) is 54.7 Å². The average Bonchev–Trinajstić information content (AvgIpc) is 3.59. The van der Waals surface area contributed by atoms with E-state index in [1.807, 2.05) is 44.2 Å². The van der Waals surface area contributed by atoms with Gasteiger partial charge in [-0.05, 0) is 68.4 Å². The Bertz CT molecular complexity index is 1900. The fourth-order valence-corrected chi connectivity index (χ4v) is 8.13. The molecule has 3 N–H and O–H groups in total. The second kappa shape index (κ2) is 15.3. The molecular formula is C37H42ClN9O3S. The van der Waals surface area contributed by atoms with E-state index in [-0.39, 0.29) is 23.6 Å². The molecule has 3 amide bonds. The Morgan fingerprint density at radius 1 is 0.961 bits per heavy atom. The average molecular weight is 728 g/mol. The molecule has 0 saturated carbocycles. The topological polar surface area (TPSA) is 136 Å². The molecule has 266 valence electrons. The van der Waals surface area contributed by atoms with Gasteiger partial charge in [-0.3, -0.25) is 24.6 Å². The first-order valence-electron chi connectivity index (χ1n) is 17.5. The molecule has 14 heteroatoms. The van der Waals surface area contributed by atoms with Crippen LogP contribution in [0.2, 0.25) is 5.02 Å². The summed E-state index contributed by atoms with van der Waals surface area (Å²) in [6, 6.07) is 15.7. The Morgan fingerprint density at radius 2 is 1.75 bits per heavy atom. The van der Waals surface area contributed by atoms with Crippen LogP contribution in [0, 0.1) is 19.8 Å². The molecule has 0 aliphatic carbocycles. The minimum atomic E-state index is -0.267. The quantitative estimate of drug-likeness (QED) is 0.183. The van der Waals surface area contributed by atoms with Crippen molar-refractivity contribution in [3.8, 4) is 0 Å². The maximum absolute atomic E-state index is 12.9. The van der Waals surface area contributed by atoms with Gasteiger partial charge in [0, 0.05) is 64.0 Å². The molecule has 5 heterocycles. The zero-order chi connectivity index (χ0) is 35.5. The molecule has 2 aromatic heterocycles. The van der Waals surface area contributed by atoms with E-state index in [9.17, 15) is 14.4 Å². The van der Waals surface area contributed by atoms with Gasteiger partial charge in [0.1, 0.15) is 22.3 Å². The van der Waals surface area contributed by atoms with Gasteiger partial charge in [0.2, 0.25) is 11.8 Å². The standard InChI is InChI=1S/C37H42ClN9O3S/c1-23-5-3-8-29(38)34(23)44-36(50)30-21-39-37(51-30)42-31-20-32(41-24(2)40-31)47-17-15-45(16-18-47)22-25-11-13-46(14-12-25)27-7-4-6-26(19-27)28-9-10-33(48)43-35(28)49/h3-8,19-21,25,28H,9-18,22H2,1-2H3,(H,44,50)(H,43,48,49)(H,39,40,41,42). The van der Waals surface area contributed by atoms with Crippen LogP contribution in [0.25, 0.3) is 0 Å². The molecule has 7 rings (SSSR count). The van der Waals surface area contributed by atoms with Crippen molar-refractivity contribution < 1.29 is 14.4 Å². The van der Waals surface area contributed by atoms with E-state index in [0.29, 0.717) is 51.1 Å². The molecule has 3 aliphatic rings. The number of carbonyl (C=O) groups excluding carboxylic acids is 3. The highest BCUT2D eigenvalue weighted by Gasteiger charge is 2.29. The van der Waals surface area contributed by atoms with Crippen molar-refractivity contribution in [1.82, 2.24) is 25.2 Å². The summed E-state index contributed by atoms with van der Waals surface area (Å²) in [5.41, 5.74) is 3.63. The lowest BCUT2D eigenvalue weighted by molar-refractivity contribution is -0.134. The van der Waals surface area contributed by atoms with Crippen LogP contribution in [0.1, 0.15) is 58.2 Å². The van der Waals surface area contributed by atoms with Crippen molar-refractivity contribution >= 4 is 68.8 Å². The summed E-state index contributed by atoms with van der Waals surface area (Å²) in [6.07, 6.45) is 4.76. The lowest BCUT2D eigenvalue weighted by Gasteiger charge is -2.40. The molecule has 3 aliphatic heterocycles. The Labute approximate surface area is 306 Å². The summed E-state index contributed by atoms with van der Waals surface area (Å²) in [6.45, 7) is 10.6. The van der Waals surface area contributed by atoms with Gasteiger partial charge in [-0.1, -0.05) is 47.2 Å². The molecule has 0 radical (unpaired) electrons. The van der Waals surface area contributed by atoms with Crippen LogP contribution in [-0.2, 0) is 9.59 Å².